The van der Waals surface area contributed by atoms with Crippen LogP contribution in [0.25, 0.3) is 10.9 Å². The molecule has 0 radical (unpaired) electrons. The summed E-state index contributed by atoms with van der Waals surface area (Å²) in [6.07, 6.45) is 3.75. The number of aryl methyl sites for hydroxylation is 1. The Morgan fingerprint density at radius 2 is 2.08 bits per heavy atom. The molecule has 1 saturated heterocycles. The van der Waals surface area contributed by atoms with Gasteiger partial charge in [0.25, 0.3) is 0 Å². The summed E-state index contributed by atoms with van der Waals surface area (Å²) >= 11 is 0. The number of nitrogens with zero attached hydrogens (tertiary/aromatic N) is 2. The Kier molecular flexibility index (Phi) is 4.97. The van der Waals surface area contributed by atoms with E-state index in [1.807, 2.05) is 31.2 Å². The Hall–Kier alpha value is -2.50. The Morgan fingerprint density at radius 3 is 2.80 bits per heavy atom. The number of carboxylic acids is 1. The summed E-state index contributed by atoms with van der Waals surface area (Å²) in [6, 6.07) is 7.68. The standard InChI is InChI=1S/C19H25N3O3/c1-3-7-21-8-6-14-10-16(4-5-17(14)21)20-19(25)22-11-13(2)9-15(12-22)18(23)24/h4-6,8,10,13,15H,3,7,9,11-12H2,1-2H3,(H,20,25)(H,23,24). The number of rotatable bonds is 4. The van der Waals surface area contributed by atoms with Gasteiger partial charge < -0.3 is 19.9 Å². The number of carboxylic acid groups (broad SMARTS) is 1. The second-order valence-corrected chi connectivity index (χ2v) is 6.99. The molecule has 2 heterocycles. The molecule has 1 aliphatic rings. The molecular weight excluding hydrogens is 318 g/mol. The van der Waals surface area contributed by atoms with Crippen LogP contribution in [0.5, 0.6) is 0 Å². The molecule has 0 spiro atoms. The fourth-order valence-electron chi connectivity index (χ4n) is 3.61. The number of anilines is 1. The number of urea groups is 1. The summed E-state index contributed by atoms with van der Waals surface area (Å²) < 4.78 is 2.20. The lowest BCUT2D eigenvalue weighted by molar-refractivity contribution is -0.143. The molecule has 1 aliphatic heterocycles. The number of amides is 2. The Balaban J connectivity index is 1.72. The molecule has 0 bridgehead atoms. The average Bonchev–Trinajstić information content (AvgIpc) is 2.97. The van der Waals surface area contributed by atoms with Crippen molar-refractivity contribution in [3.63, 3.8) is 0 Å². The van der Waals surface area contributed by atoms with E-state index in [1.54, 1.807) is 4.90 Å². The highest BCUT2D eigenvalue weighted by Gasteiger charge is 2.31. The number of hydrogen-bond acceptors (Lipinski definition) is 2. The van der Waals surface area contributed by atoms with Crippen LogP contribution in [-0.2, 0) is 11.3 Å². The largest absolute Gasteiger partial charge is 0.481 e. The molecule has 1 fully saturated rings. The number of likely N-dealkylation sites (tertiary alicyclic amines) is 1. The summed E-state index contributed by atoms with van der Waals surface area (Å²) in [5, 5.41) is 13.2. The first-order valence-corrected chi connectivity index (χ1v) is 8.85. The van der Waals surface area contributed by atoms with Gasteiger partial charge in [0.1, 0.15) is 0 Å². The maximum Gasteiger partial charge on any atom is 0.321 e. The fraction of sp³-hybridized carbons (Fsp3) is 0.474. The molecule has 6 heteroatoms. The van der Waals surface area contributed by atoms with E-state index in [-0.39, 0.29) is 18.5 Å². The van der Waals surface area contributed by atoms with Gasteiger partial charge in [0.2, 0.25) is 0 Å². The molecule has 2 aromatic rings. The maximum absolute atomic E-state index is 12.5. The van der Waals surface area contributed by atoms with Gasteiger partial charge in [0, 0.05) is 42.4 Å². The van der Waals surface area contributed by atoms with E-state index >= 15 is 0 Å². The van der Waals surface area contributed by atoms with Gasteiger partial charge >= 0.3 is 12.0 Å². The summed E-state index contributed by atoms with van der Waals surface area (Å²) in [5.41, 5.74) is 1.88. The highest BCUT2D eigenvalue weighted by Crippen LogP contribution is 2.24. The summed E-state index contributed by atoms with van der Waals surface area (Å²) in [6.45, 7) is 5.95. The molecule has 0 saturated carbocycles. The molecule has 134 valence electrons. The number of benzene rings is 1. The number of fused-ring (bicyclic) bond motifs is 1. The van der Waals surface area contributed by atoms with Crippen LogP contribution in [0.1, 0.15) is 26.7 Å². The van der Waals surface area contributed by atoms with Gasteiger partial charge in [-0.2, -0.15) is 0 Å². The van der Waals surface area contributed by atoms with E-state index in [1.165, 1.54) is 0 Å². The maximum atomic E-state index is 12.5. The van der Waals surface area contributed by atoms with E-state index in [4.69, 9.17) is 0 Å². The van der Waals surface area contributed by atoms with Crippen molar-refractivity contribution in [2.75, 3.05) is 18.4 Å². The molecule has 3 rings (SSSR count). The predicted molar refractivity (Wildman–Crippen MR) is 97.7 cm³/mol. The number of carbonyl (C=O) groups excluding carboxylic acids is 1. The monoisotopic (exact) mass is 343 g/mol. The Bertz CT molecular complexity index is 783. The van der Waals surface area contributed by atoms with Crippen molar-refractivity contribution in [2.24, 2.45) is 11.8 Å². The topological polar surface area (TPSA) is 74.6 Å². The number of aromatic nitrogens is 1. The SMILES string of the molecule is CCCn1ccc2cc(NC(=O)N3CC(C)CC(C(=O)O)C3)ccc21. The van der Waals surface area contributed by atoms with Gasteiger partial charge in [-0.1, -0.05) is 13.8 Å². The molecule has 1 aromatic heterocycles. The highest BCUT2D eigenvalue weighted by molar-refractivity contribution is 5.93. The third-order valence-corrected chi connectivity index (χ3v) is 4.78. The van der Waals surface area contributed by atoms with Crippen molar-refractivity contribution in [3.8, 4) is 0 Å². The van der Waals surface area contributed by atoms with E-state index in [0.29, 0.717) is 13.0 Å². The Morgan fingerprint density at radius 1 is 1.28 bits per heavy atom. The van der Waals surface area contributed by atoms with Crippen LogP contribution >= 0.6 is 0 Å². The third-order valence-electron chi connectivity index (χ3n) is 4.78. The zero-order chi connectivity index (χ0) is 18.0. The molecule has 2 N–H and O–H groups in total. The first-order valence-electron chi connectivity index (χ1n) is 8.85. The average molecular weight is 343 g/mol. The second-order valence-electron chi connectivity index (χ2n) is 6.99. The molecular formula is C19H25N3O3. The van der Waals surface area contributed by atoms with E-state index in [0.717, 1.165) is 29.6 Å². The van der Waals surface area contributed by atoms with Gasteiger partial charge in [0.05, 0.1) is 5.92 Å². The molecule has 1 aromatic carbocycles. The lowest BCUT2D eigenvalue weighted by atomic mass is 9.91. The molecule has 25 heavy (non-hydrogen) atoms. The normalized spacial score (nSPS) is 20.6. The third kappa shape index (κ3) is 3.78. The summed E-state index contributed by atoms with van der Waals surface area (Å²) in [7, 11) is 0. The van der Waals surface area contributed by atoms with Crippen LogP contribution in [0.3, 0.4) is 0 Å². The van der Waals surface area contributed by atoms with Crippen molar-refractivity contribution in [1.82, 2.24) is 9.47 Å². The van der Waals surface area contributed by atoms with Crippen LogP contribution in [0.15, 0.2) is 30.5 Å². The smallest absolute Gasteiger partial charge is 0.321 e. The van der Waals surface area contributed by atoms with Crippen molar-refractivity contribution in [1.29, 1.82) is 0 Å². The number of aliphatic carboxylic acids is 1. The first-order chi connectivity index (χ1) is 12.0. The van der Waals surface area contributed by atoms with Crippen molar-refractivity contribution < 1.29 is 14.7 Å². The molecule has 6 nitrogen and oxygen atoms in total. The van der Waals surface area contributed by atoms with E-state index < -0.39 is 11.9 Å². The number of carbonyl (C=O) groups is 2. The van der Waals surface area contributed by atoms with Gasteiger partial charge in [0.15, 0.2) is 0 Å². The molecule has 0 aliphatic carbocycles. The fourth-order valence-corrected chi connectivity index (χ4v) is 3.61. The zero-order valence-corrected chi connectivity index (χ0v) is 14.7. The van der Waals surface area contributed by atoms with Crippen molar-refractivity contribution in [3.05, 3.63) is 30.5 Å². The highest BCUT2D eigenvalue weighted by atomic mass is 16.4. The minimum Gasteiger partial charge on any atom is -0.481 e. The lowest BCUT2D eigenvalue weighted by Gasteiger charge is -2.34. The molecule has 2 unspecified atom stereocenters. The Labute approximate surface area is 147 Å². The molecule has 2 atom stereocenters. The van der Waals surface area contributed by atoms with Gasteiger partial charge in [-0.25, -0.2) is 4.79 Å². The number of nitrogens with one attached hydrogen (secondary N) is 1. The van der Waals surface area contributed by atoms with Crippen LogP contribution in [0, 0.1) is 11.8 Å². The van der Waals surface area contributed by atoms with Crippen LogP contribution in [0.4, 0.5) is 10.5 Å². The molecule has 2 amide bonds. The zero-order valence-electron chi connectivity index (χ0n) is 14.7. The van der Waals surface area contributed by atoms with Crippen molar-refractivity contribution in [2.45, 2.75) is 33.2 Å². The van der Waals surface area contributed by atoms with Crippen molar-refractivity contribution >= 4 is 28.6 Å². The first kappa shape index (κ1) is 17.3. The van der Waals surface area contributed by atoms with Gasteiger partial charge in [-0.05, 0) is 43.0 Å². The van der Waals surface area contributed by atoms with Crippen LogP contribution < -0.4 is 5.32 Å². The second kappa shape index (κ2) is 7.17. The minimum atomic E-state index is -0.831. The van der Waals surface area contributed by atoms with Crippen LogP contribution in [-0.4, -0.2) is 39.7 Å². The number of piperidine rings is 1. The lowest BCUT2D eigenvalue weighted by Crippen LogP contribution is -2.47. The van der Waals surface area contributed by atoms with E-state index in [2.05, 4.69) is 23.0 Å². The predicted octanol–water partition coefficient (Wildman–Crippen LogP) is 3.63. The number of hydrogen-bond donors (Lipinski definition) is 2. The summed E-state index contributed by atoms with van der Waals surface area (Å²) in [5.74, 6) is -1.13. The van der Waals surface area contributed by atoms with E-state index in [9.17, 15) is 14.7 Å². The summed E-state index contributed by atoms with van der Waals surface area (Å²) in [4.78, 5) is 25.4. The quantitative estimate of drug-likeness (QED) is 0.890. The minimum absolute atomic E-state index is 0.186. The van der Waals surface area contributed by atoms with Crippen LogP contribution in [0.2, 0.25) is 0 Å². The van der Waals surface area contributed by atoms with Gasteiger partial charge in [-0.3, -0.25) is 4.79 Å². The van der Waals surface area contributed by atoms with Gasteiger partial charge in [-0.15, -0.1) is 0 Å².